The Morgan fingerprint density at radius 1 is 0.962 bits per heavy atom. The van der Waals surface area contributed by atoms with E-state index >= 15 is 0 Å². The van der Waals surface area contributed by atoms with Crippen LogP contribution < -0.4 is 10.1 Å². The number of aliphatic carboxylic acids is 1. The number of nitrogens with one attached hydrogen (secondary N) is 1. The van der Waals surface area contributed by atoms with Gasteiger partial charge < -0.3 is 19.9 Å². The van der Waals surface area contributed by atoms with Crippen LogP contribution in [0.1, 0.15) is 12.8 Å². The Morgan fingerprint density at radius 2 is 1.62 bits per heavy atom. The summed E-state index contributed by atoms with van der Waals surface area (Å²) in [5, 5.41) is 12.3. The molecular formula is C20H19NO5. The van der Waals surface area contributed by atoms with E-state index in [1.165, 1.54) is 0 Å². The van der Waals surface area contributed by atoms with Gasteiger partial charge in [-0.2, -0.15) is 0 Å². The lowest BCUT2D eigenvalue weighted by Crippen LogP contribution is -2.40. The Kier molecular flexibility index (Phi) is 4.34. The van der Waals surface area contributed by atoms with Crippen molar-refractivity contribution in [2.24, 2.45) is 11.8 Å². The van der Waals surface area contributed by atoms with Crippen molar-refractivity contribution in [3.05, 3.63) is 54.6 Å². The van der Waals surface area contributed by atoms with Gasteiger partial charge >= 0.3 is 5.97 Å². The van der Waals surface area contributed by atoms with Crippen molar-refractivity contribution in [2.45, 2.75) is 25.0 Å². The predicted molar refractivity (Wildman–Crippen MR) is 94.1 cm³/mol. The molecule has 134 valence electrons. The van der Waals surface area contributed by atoms with Crippen LogP contribution in [-0.4, -0.2) is 29.2 Å². The van der Waals surface area contributed by atoms with E-state index in [1.807, 2.05) is 36.4 Å². The fourth-order valence-corrected chi connectivity index (χ4v) is 3.82. The molecule has 2 aromatic rings. The van der Waals surface area contributed by atoms with Gasteiger partial charge in [-0.05, 0) is 37.1 Å². The Labute approximate surface area is 150 Å². The highest BCUT2D eigenvalue weighted by atomic mass is 16.5. The number of carboxylic acids is 1. The predicted octanol–water partition coefficient (Wildman–Crippen LogP) is 3.30. The minimum absolute atomic E-state index is 0.330. The number of carbonyl (C=O) groups is 2. The van der Waals surface area contributed by atoms with Gasteiger partial charge in [0, 0.05) is 0 Å². The SMILES string of the molecule is O=C(O)C1C2CCC(O2)C1C(=O)Nc1ccccc1Oc1ccccc1. The first kappa shape index (κ1) is 16.6. The molecule has 6 heteroatoms. The summed E-state index contributed by atoms with van der Waals surface area (Å²) in [6.45, 7) is 0. The van der Waals surface area contributed by atoms with Crippen LogP contribution in [0.3, 0.4) is 0 Å². The van der Waals surface area contributed by atoms with E-state index in [0.29, 0.717) is 30.0 Å². The van der Waals surface area contributed by atoms with Crippen LogP contribution in [0, 0.1) is 11.8 Å². The molecule has 4 atom stereocenters. The first-order valence-electron chi connectivity index (χ1n) is 8.64. The van der Waals surface area contributed by atoms with E-state index < -0.39 is 17.8 Å². The number of anilines is 1. The minimum Gasteiger partial charge on any atom is -0.481 e. The number of fused-ring (bicyclic) bond motifs is 2. The number of hydrogen-bond acceptors (Lipinski definition) is 4. The maximum Gasteiger partial charge on any atom is 0.310 e. The van der Waals surface area contributed by atoms with E-state index in [1.54, 1.807) is 18.2 Å². The Bertz CT molecular complexity index is 822. The van der Waals surface area contributed by atoms with Crippen LogP contribution >= 0.6 is 0 Å². The molecule has 4 unspecified atom stereocenters. The summed E-state index contributed by atoms with van der Waals surface area (Å²) >= 11 is 0. The Hall–Kier alpha value is -2.86. The summed E-state index contributed by atoms with van der Waals surface area (Å²) in [4.78, 5) is 24.4. The third kappa shape index (κ3) is 3.04. The van der Waals surface area contributed by atoms with Crippen LogP contribution in [-0.2, 0) is 14.3 Å². The quantitative estimate of drug-likeness (QED) is 0.861. The van der Waals surface area contributed by atoms with E-state index in [9.17, 15) is 14.7 Å². The van der Waals surface area contributed by atoms with Crippen molar-refractivity contribution in [3.8, 4) is 11.5 Å². The lowest BCUT2D eigenvalue weighted by atomic mass is 9.78. The topological polar surface area (TPSA) is 84.9 Å². The lowest BCUT2D eigenvalue weighted by molar-refractivity contribution is -0.147. The van der Waals surface area contributed by atoms with Gasteiger partial charge in [0.15, 0.2) is 5.75 Å². The van der Waals surface area contributed by atoms with Crippen molar-refractivity contribution >= 4 is 17.6 Å². The van der Waals surface area contributed by atoms with E-state index in [-0.39, 0.29) is 18.1 Å². The molecule has 2 fully saturated rings. The molecule has 0 aliphatic carbocycles. The summed E-state index contributed by atoms with van der Waals surface area (Å²) in [6.07, 6.45) is 0.709. The molecule has 0 saturated carbocycles. The van der Waals surface area contributed by atoms with Gasteiger partial charge in [0.2, 0.25) is 5.91 Å². The van der Waals surface area contributed by atoms with E-state index in [4.69, 9.17) is 9.47 Å². The summed E-state index contributed by atoms with van der Waals surface area (Å²) < 4.78 is 11.5. The molecule has 0 aromatic heterocycles. The van der Waals surface area contributed by atoms with Crippen LogP contribution in [0.5, 0.6) is 11.5 Å². The highest BCUT2D eigenvalue weighted by Gasteiger charge is 2.55. The summed E-state index contributed by atoms with van der Waals surface area (Å²) in [6, 6.07) is 16.4. The van der Waals surface area contributed by atoms with Crippen molar-refractivity contribution in [3.63, 3.8) is 0 Å². The molecule has 1 amide bonds. The molecule has 2 N–H and O–H groups in total. The fourth-order valence-electron chi connectivity index (χ4n) is 3.82. The molecular weight excluding hydrogens is 334 g/mol. The van der Waals surface area contributed by atoms with Crippen molar-refractivity contribution < 1.29 is 24.2 Å². The zero-order valence-corrected chi connectivity index (χ0v) is 14.0. The van der Waals surface area contributed by atoms with Gasteiger partial charge in [0.1, 0.15) is 5.75 Å². The summed E-state index contributed by atoms with van der Waals surface area (Å²) in [5.74, 6) is -1.64. The molecule has 2 bridgehead atoms. The van der Waals surface area contributed by atoms with Crippen LogP contribution in [0.25, 0.3) is 0 Å². The number of benzene rings is 2. The van der Waals surface area contributed by atoms with Gasteiger partial charge in [0.25, 0.3) is 0 Å². The normalized spacial score (nSPS) is 26.5. The zero-order chi connectivity index (χ0) is 18.1. The molecule has 6 nitrogen and oxygen atoms in total. The average Bonchev–Trinajstić information content (AvgIpc) is 3.25. The molecule has 2 heterocycles. The Morgan fingerprint density at radius 3 is 2.35 bits per heavy atom. The smallest absolute Gasteiger partial charge is 0.310 e. The van der Waals surface area contributed by atoms with E-state index in [2.05, 4.69) is 5.32 Å². The molecule has 26 heavy (non-hydrogen) atoms. The first-order valence-corrected chi connectivity index (χ1v) is 8.64. The fraction of sp³-hybridized carbons (Fsp3) is 0.300. The van der Waals surface area contributed by atoms with Crippen molar-refractivity contribution in [1.82, 2.24) is 0 Å². The molecule has 2 aliphatic heterocycles. The first-order chi connectivity index (χ1) is 12.6. The molecule has 2 saturated heterocycles. The molecule has 0 spiro atoms. The second-order valence-corrected chi connectivity index (χ2v) is 6.58. The molecule has 0 radical (unpaired) electrons. The standard InChI is InChI=1S/C20H19NO5/c22-19(17-15-10-11-16(26-15)18(17)20(23)24)21-13-8-4-5-9-14(13)25-12-6-2-1-3-7-12/h1-9,15-18H,10-11H2,(H,21,22)(H,23,24). The molecule has 2 aromatic carbocycles. The lowest BCUT2D eigenvalue weighted by Gasteiger charge is -2.24. The van der Waals surface area contributed by atoms with Gasteiger partial charge in [-0.1, -0.05) is 30.3 Å². The number of hydrogen-bond donors (Lipinski definition) is 2. The van der Waals surface area contributed by atoms with Crippen LogP contribution in [0.2, 0.25) is 0 Å². The number of carboxylic acid groups (broad SMARTS) is 1. The maximum atomic E-state index is 12.8. The maximum absolute atomic E-state index is 12.8. The second kappa shape index (κ2) is 6.80. The molecule has 4 rings (SSSR count). The zero-order valence-electron chi connectivity index (χ0n) is 14.0. The average molecular weight is 353 g/mol. The van der Waals surface area contributed by atoms with Crippen LogP contribution in [0.4, 0.5) is 5.69 Å². The highest BCUT2D eigenvalue weighted by molar-refractivity contribution is 5.97. The van der Waals surface area contributed by atoms with Gasteiger partial charge in [-0.15, -0.1) is 0 Å². The largest absolute Gasteiger partial charge is 0.481 e. The summed E-state index contributed by atoms with van der Waals surface area (Å²) in [5.41, 5.74) is 0.508. The number of ether oxygens (including phenoxy) is 2. The molecule has 2 aliphatic rings. The van der Waals surface area contributed by atoms with Gasteiger partial charge in [-0.25, -0.2) is 0 Å². The highest BCUT2D eigenvalue weighted by Crippen LogP contribution is 2.44. The number of para-hydroxylation sites is 3. The van der Waals surface area contributed by atoms with Crippen molar-refractivity contribution in [2.75, 3.05) is 5.32 Å². The number of rotatable bonds is 5. The minimum atomic E-state index is -0.980. The third-order valence-electron chi connectivity index (χ3n) is 4.98. The number of carbonyl (C=O) groups excluding carboxylic acids is 1. The third-order valence-corrected chi connectivity index (χ3v) is 4.98. The Balaban J connectivity index is 1.54. The van der Waals surface area contributed by atoms with Gasteiger partial charge in [-0.3, -0.25) is 9.59 Å². The summed E-state index contributed by atoms with van der Waals surface area (Å²) in [7, 11) is 0. The van der Waals surface area contributed by atoms with Crippen LogP contribution in [0.15, 0.2) is 54.6 Å². The monoisotopic (exact) mass is 353 g/mol. The van der Waals surface area contributed by atoms with Gasteiger partial charge in [0.05, 0.1) is 29.7 Å². The van der Waals surface area contributed by atoms with Crippen molar-refractivity contribution in [1.29, 1.82) is 0 Å². The number of amides is 1. The van der Waals surface area contributed by atoms with E-state index in [0.717, 1.165) is 0 Å². The second-order valence-electron chi connectivity index (χ2n) is 6.58.